The second-order valence-electron chi connectivity index (χ2n) is 8.18. The van der Waals surface area contributed by atoms with Crippen molar-refractivity contribution < 1.29 is 22.8 Å². The highest BCUT2D eigenvalue weighted by molar-refractivity contribution is 9.10. The lowest BCUT2D eigenvalue weighted by molar-refractivity contribution is -0.147. The number of alkyl halides is 3. The third-order valence-corrected chi connectivity index (χ3v) is 6.78. The van der Waals surface area contributed by atoms with Crippen LogP contribution in [0.15, 0.2) is 65.2 Å². The van der Waals surface area contributed by atoms with Crippen molar-refractivity contribution in [1.29, 1.82) is 0 Å². The molecule has 2 aromatic rings. The highest BCUT2D eigenvalue weighted by atomic mass is 79.9. The first-order valence-corrected chi connectivity index (χ1v) is 11.2. The van der Waals surface area contributed by atoms with Crippen LogP contribution in [0.4, 0.5) is 18.9 Å². The third-order valence-electron chi connectivity index (χ3n) is 6.09. The van der Waals surface area contributed by atoms with E-state index < -0.39 is 29.5 Å². The number of hydrogen-bond donors (Lipinski definition) is 1. The molecular formula is C24H22BrF3N2O2. The van der Waals surface area contributed by atoms with Crippen molar-refractivity contribution in [2.45, 2.75) is 25.6 Å². The summed E-state index contributed by atoms with van der Waals surface area (Å²) in [5, 5.41) is 2.61. The lowest BCUT2D eigenvalue weighted by Gasteiger charge is -2.41. The van der Waals surface area contributed by atoms with Crippen LogP contribution in [0.2, 0.25) is 0 Å². The van der Waals surface area contributed by atoms with Crippen LogP contribution in [0.3, 0.4) is 0 Å². The number of piperidine rings is 1. The summed E-state index contributed by atoms with van der Waals surface area (Å²) in [6.45, 7) is 1.08. The SMILES string of the molecule is O=C(Nc1ccc(Br)c(C(F)(F)F)c1)[C@H]1CC=CC2CCN(Cc3ccccc3)C(=O)C21. The first kappa shape index (κ1) is 22.6. The summed E-state index contributed by atoms with van der Waals surface area (Å²) in [6.07, 6.45) is 0.470. The zero-order chi connectivity index (χ0) is 22.9. The maximum absolute atomic E-state index is 13.3. The summed E-state index contributed by atoms with van der Waals surface area (Å²) in [6, 6.07) is 13.2. The Bertz CT molecular complexity index is 1040. The molecule has 0 bridgehead atoms. The van der Waals surface area contributed by atoms with Gasteiger partial charge in [0, 0.05) is 23.2 Å². The van der Waals surface area contributed by atoms with E-state index in [-0.39, 0.29) is 22.0 Å². The van der Waals surface area contributed by atoms with Gasteiger partial charge in [-0.3, -0.25) is 9.59 Å². The van der Waals surface area contributed by atoms with Gasteiger partial charge in [0.25, 0.3) is 0 Å². The largest absolute Gasteiger partial charge is 0.417 e. The van der Waals surface area contributed by atoms with Crippen LogP contribution < -0.4 is 5.32 Å². The average Bonchev–Trinajstić information content (AvgIpc) is 2.76. The topological polar surface area (TPSA) is 49.4 Å². The molecule has 2 aliphatic rings. The minimum Gasteiger partial charge on any atom is -0.338 e. The number of likely N-dealkylation sites (tertiary alicyclic amines) is 1. The minimum atomic E-state index is -4.55. The van der Waals surface area contributed by atoms with Crippen LogP contribution in [0, 0.1) is 17.8 Å². The smallest absolute Gasteiger partial charge is 0.338 e. The fourth-order valence-corrected chi connectivity index (χ4v) is 4.98. The number of amides is 2. The molecule has 32 heavy (non-hydrogen) atoms. The number of rotatable bonds is 4. The molecule has 168 valence electrons. The third kappa shape index (κ3) is 4.75. The van der Waals surface area contributed by atoms with E-state index in [2.05, 4.69) is 21.2 Å². The van der Waals surface area contributed by atoms with Crippen molar-refractivity contribution in [2.75, 3.05) is 11.9 Å². The Balaban J connectivity index is 1.52. The highest BCUT2D eigenvalue weighted by Gasteiger charge is 2.44. The lowest BCUT2D eigenvalue weighted by atomic mass is 9.71. The van der Waals surface area contributed by atoms with E-state index in [0.717, 1.165) is 18.1 Å². The van der Waals surface area contributed by atoms with Gasteiger partial charge < -0.3 is 10.2 Å². The van der Waals surface area contributed by atoms with E-state index >= 15 is 0 Å². The van der Waals surface area contributed by atoms with Gasteiger partial charge in [-0.15, -0.1) is 0 Å². The number of carbonyl (C=O) groups excluding carboxylic acids is 2. The molecule has 0 saturated carbocycles. The molecule has 1 saturated heterocycles. The Morgan fingerprint density at radius 2 is 1.91 bits per heavy atom. The number of benzene rings is 2. The molecule has 2 aromatic carbocycles. The van der Waals surface area contributed by atoms with E-state index in [1.165, 1.54) is 12.1 Å². The molecule has 0 spiro atoms. The molecule has 3 atom stereocenters. The summed E-state index contributed by atoms with van der Waals surface area (Å²) in [5.41, 5.74) is 0.210. The van der Waals surface area contributed by atoms with Crippen LogP contribution in [0.5, 0.6) is 0 Å². The maximum atomic E-state index is 13.3. The normalized spacial score (nSPS) is 23.1. The van der Waals surface area contributed by atoms with Crippen LogP contribution in [0.1, 0.15) is 24.0 Å². The Hall–Kier alpha value is -2.61. The number of carbonyl (C=O) groups is 2. The summed E-state index contributed by atoms with van der Waals surface area (Å²) in [7, 11) is 0. The van der Waals surface area contributed by atoms with Crippen LogP contribution in [0.25, 0.3) is 0 Å². The van der Waals surface area contributed by atoms with Gasteiger partial charge in [0.15, 0.2) is 0 Å². The van der Waals surface area contributed by atoms with Crippen molar-refractivity contribution in [2.24, 2.45) is 17.8 Å². The van der Waals surface area contributed by atoms with E-state index in [4.69, 9.17) is 0 Å². The monoisotopic (exact) mass is 506 g/mol. The molecule has 1 N–H and O–H groups in total. The number of nitrogens with one attached hydrogen (secondary N) is 1. The lowest BCUT2D eigenvalue weighted by Crippen LogP contribution is -2.50. The molecular weight excluding hydrogens is 485 g/mol. The zero-order valence-corrected chi connectivity index (χ0v) is 18.7. The molecule has 1 aliphatic heterocycles. The fourth-order valence-electron chi connectivity index (χ4n) is 4.51. The maximum Gasteiger partial charge on any atom is 0.417 e. The van der Waals surface area contributed by atoms with Gasteiger partial charge in [0.05, 0.1) is 17.4 Å². The van der Waals surface area contributed by atoms with E-state index in [1.54, 1.807) is 4.90 Å². The van der Waals surface area contributed by atoms with Crippen molar-refractivity contribution in [3.63, 3.8) is 0 Å². The van der Waals surface area contributed by atoms with E-state index in [0.29, 0.717) is 19.5 Å². The minimum absolute atomic E-state index is 0.0466. The Labute approximate surface area is 192 Å². The molecule has 1 heterocycles. The fraction of sp³-hybridized carbons (Fsp3) is 0.333. The number of allylic oxidation sites excluding steroid dienone is 2. The van der Waals surface area contributed by atoms with Crippen molar-refractivity contribution in [3.05, 3.63) is 76.3 Å². The molecule has 1 aliphatic carbocycles. The van der Waals surface area contributed by atoms with Crippen LogP contribution >= 0.6 is 15.9 Å². The summed E-state index contributed by atoms with van der Waals surface area (Å²) < 4.78 is 39.5. The Morgan fingerprint density at radius 3 is 2.62 bits per heavy atom. The zero-order valence-electron chi connectivity index (χ0n) is 17.1. The summed E-state index contributed by atoms with van der Waals surface area (Å²) in [5.74, 6) is -1.71. The second-order valence-corrected chi connectivity index (χ2v) is 9.03. The molecule has 8 heteroatoms. The molecule has 4 nitrogen and oxygen atoms in total. The molecule has 2 unspecified atom stereocenters. The van der Waals surface area contributed by atoms with E-state index in [9.17, 15) is 22.8 Å². The second kappa shape index (κ2) is 9.10. The van der Waals surface area contributed by atoms with E-state index in [1.807, 2.05) is 42.5 Å². The highest BCUT2D eigenvalue weighted by Crippen LogP contribution is 2.39. The van der Waals surface area contributed by atoms with Crippen molar-refractivity contribution >= 4 is 33.4 Å². The molecule has 4 rings (SSSR count). The molecule has 0 radical (unpaired) electrons. The molecule has 2 amide bonds. The summed E-state index contributed by atoms with van der Waals surface area (Å²) in [4.78, 5) is 28.2. The van der Waals surface area contributed by atoms with Crippen molar-refractivity contribution in [3.8, 4) is 0 Å². The Kier molecular flexibility index (Phi) is 6.42. The Morgan fingerprint density at radius 1 is 1.16 bits per heavy atom. The van der Waals surface area contributed by atoms with Crippen LogP contribution in [-0.4, -0.2) is 23.3 Å². The molecule has 0 aromatic heterocycles. The molecule has 1 fully saturated rings. The van der Waals surface area contributed by atoms with Gasteiger partial charge in [-0.1, -0.05) is 58.4 Å². The number of anilines is 1. The van der Waals surface area contributed by atoms with Gasteiger partial charge in [0.2, 0.25) is 11.8 Å². The van der Waals surface area contributed by atoms with Crippen molar-refractivity contribution in [1.82, 2.24) is 4.90 Å². The predicted molar refractivity (Wildman–Crippen MR) is 118 cm³/mol. The van der Waals surface area contributed by atoms with Gasteiger partial charge >= 0.3 is 6.18 Å². The number of halogens is 4. The van der Waals surface area contributed by atoms with Gasteiger partial charge in [-0.25, -0.2) is 0 Å². The first-order chi connectivity index (χ1) is 15.2. The number of hydrogen-bond acceptors (Lipinski definition) is 2. The average molecular weight is 507 g/mol. The van der Waals surface area contributed by atoms with Gasteiger partial charge in [0.1, 0.15) is 0 Å². The van der Waals surface area contributed by atoms with Crippen LogP contribution in [-0.2, 0) is 22.3 Å². The standard InChI is InChI=1S/C24H22BrF3N2O2/c25-20-10-9-17(13-19(20)24(26,27)28)29-22(31)18-8-4-7-16-11-12-30(23(32)21(16)18)14-15-5-2-1-3-6-15/h1-7,9-10,13,16,18,21H,8,11-12,14H2,(H,29,31)/t16?,18-,21?/m0/s1. The van der Waals surface area contributed by atoms with Gasteiger partial charge in [-0.2, -0.15) is 13.2 Å². The first-order valence-electron chi connectivity index (χ1n) is 10.4. The number of nitrogens with zero attached hydrogens (tertiary/aromatic N) is 1. The quantitative estimate of drug-likeness (QED) is 0.545. The predicted octanol–water partition coefficient (Wildman–Crippen LogP) is 5.65. The number of fused-ring (bicyclic) bond motifs is 1. The summed E-state index contributed by atoms with van der Waals surface area (Å²) >= 11 is 2.90. The van der Waals surface area contributed by atoms with Gasteiger partial charge in [-0.05, 0) is 42.5 Å².